The fraction of sp³-hybridized carbons (Fsp3) is 0.750. The van der Waals surface area contributed by atoms with Crippen LogP contribution in [0.1, 0.15) is 0 Å². The Labute approximate surface area is 62.4 Å². The summed E-state index contributed by atoms with van der Waals surface area (Å²) in [5, 5.41) is 0. The Bertz CT molecular complexity index is 86.1. The van der Waals surface area contributed by atoms with Gasteiger partial charge in [0, 0.05) is 18.0 Å². The van der Waals surface area contributed by atoms with Crippen molar-refractivity contribution < 1.29 is 4.79 Å². The number of halogens is 1. The van der Waals surface area contributed by atoms with Gasteiger partial charge in [0.1, 0.15) is 0 Å². The van der Waals surface area contributed by atoms with Crippen molar-refractivity contribution in [2.24, 2.45) is 5.73 Å². The molecule has 4 heteroatoms. The van der Waals surface area contributed by atoms with Crippen molar-refractivity contribution in [3.63, 3.8) is 0 Å². The van der Waals surface area contributed by atoms with Gasteiger partial charge in [-0.2, -0.15) is 0 Å². The molecule has 0 saturated heterocycles. The van der Waals surface area contributed by atoms with Crippen molar-refractivity contribution in [3.8, 4) is 0 Å². The molecular formula is C4H9IN2O. The Hall–Kier alpha value is 0. The maximum Gasteiger partial charge on any atom is 0.314 e. The highest BCUT2D eigenvalue weighted by Crippen LogP contribution is 1.85. The van der Waals surface area contributed by atoms with Gasteiger partial charge in [-0.05, 0) is 0 Å². The number of nitrogens with two attached hydrogens (primary N) is 1. The lowest BCUT2D eigenvalue weighted by molar-refractivity contribution is 0.221. The van der Waals surface area contributed by atoms with Crippen molar-refractivity contribution in [3.05, 3.63) is 0 Å². The van der Waals surface area contributed by atoms with E-state index in [4.69, 9.17) is 5.73 Å². The molecule has 0 aromatic heterocycles. The van der Waals surface area contributed by atoms with Gasteiger partial charge in [0.15, 0.2) is 0 Å². The van der Waals surface area contributed by atoms with Crippen molar-refractivity contribution in [2.75, 3.05) is 18.0 Å². The molecular weight excluding hydrogens is 219 g/mol. The summed E-state index contributed by atoms with van der Waals surface area (Å²) < 4.78 is 0.928. The summed E-state index contributed by atoms with van der Waals surface area (Å²) in [5.74, 6) is 0. The fourth-order valence-electron chi connectivity index (χ4n) is 0.237. The van der Waals surface area contributed by atoms with Gasteiger partial charge in [0.05, 0.1) is 0 Å². The van der Waals surface area contributed by atoms with E-state index in [1.54, 1.807) is 7.05 Å². The molecule has 0 atom stereocenters. The van der Waals surface area contributed by atoms with Gasteiger partial charge in [-0.25, -0.2) is 4.79 Å². The topological polar surface area (TPSA) is 46.3 Å². The Balaban J connectivity index is 3.32. The molecule has 0 aliphatic carbocycles. The Morgan fingerprint density at radius 2 is 2.38 bits per heavy atom. The van der Waals surface area contributed by atoms with E-state index in [1.165, 1.54) is 4.90 Å². The molecule has 2 amide bonds. The second-order valence-electron chi connectivity index (χ2n) is 1.45. The second kappa shape index (κ2) is 3.94. The number of rotatable bonds is 2. The van der Waals surface area contributed by atoms with E-state index in [0.717, 1.165) is 11.0 Å². The molecule has 0 rings (SSSR count). The summed E-state index contributed by atoms with van der Waals surface area (Å²) in [5.41, 5.74) is 4.91. The van der Waals surface area contributed by atoms with E-state index in [9.17, 15) is 4.79 Å². The van der Waals surface area contributed by atoms with Crippen LogP contribution < -0.4 is 5.73 Å². The van der Waals surface area contributed by atoms with Gasteiger partial charge in [-0.1, -0.05) is 22.6 Å². The minimum absolute atomic E-state index is 0.360. The number of carbonyl (C=O) groups is 1. The predicted octanol–water partition coefficient (Wildman–Crippen LogP) is 0.432. The number of carbonyl (C=O) groups excluding carboxylic acids is 1. The Morgan fingerprint density at radius 3 is 2.50 bits per heavy atom. The van der Waals surface area contributed by atoms with Crippen LogP contribution >= 0.6 is 22.6 Å². The highest BCUT2D eigenvalue weighted by Gasteiger charge is 1.98. The van der Waals surface area contributed by atoms with Gasteiger partial charge in [0.2, 0.25) is 0 Å². The first-order valence-electron chi connectivity index (χ1n) is 2.25. The number of nitrogens with zero attached hydrogens (tertiary/aromatic N) is 1. The van der Waals surface area contributed by atoms with Gasteiger partial charge in [-0.3, -0.25) is 0 Å². The normalized spacial score (nSPS) is 8.75. The molecule has 3 nitrogen and oxygen atoms in total. The van der Waals surface area contributed by atoms with Crippen LogP contribution in [0, 0.1) is 0 Å². The SMILES string of the molecule is CN(CCI)C(N)=O. The first-order valence-corrected chi connectivity index (χ1v) is 3.77. The predicted molar refractivity (Wildman–Crippen MR) is 41.1 cm³/mol. The van der Waals surface area contributed by atoms with Crippen LogP contribution in [-0.4, -0.2) is 29.0 Å². The fourth-order valence-corrected chi connectivity index (χ4v) is 0.961. The number of hydrogen-bond donors (Lipinski definition) is 1. The van der Waals surface area contributed by atoms with Gasteiger partial charge in [-0.15, -0.1) is 0 Å². The molecule has 0 aromatic carbocycles. The molecule has 0 bridgehead atoms. The molecule has 0 unspecified atom stereocenters. The van der Waals surface area contributed by atoms with E-state index in [1.807, 2.05) is 0 Å². The molecule has 0 fully saturated rings. The zero-order valence-electron chi connectivity index (χ0n) is 4.72. The Morgan fingerprint density at radius 1 is 1.88 bits per heavy atom. The highest BCUT2D eigenvalue weighted by atomic mass is 127. The summed E-state index contributed by atoms with van der Waals surface area (Å²) in [6.07, 6.45) is 0. The standard InChI is InChI=1S/C4H9IN2O/c1-7(3-2-5)4(6)8/h2-3H2,1H3,(H2,6,8). The second-order valence-corrected chi connectivity index (χ2v) is 2.53. The Kier molecular flexibility index (Phi) is 3.94. The van der Waals surface area contributed by atoms with Crippen LogP contribution in [0.25, 0.3) is 0 Å². The van der Waals surface area contributed by atoms with Crippen molar-refractivity contribution in [1.82, 2.24) is 4.90 Å². The number of hydrogen-bond acceptors (Lipinski definition) is 1. The minimum Gasteiger partial charge on any atom is -0.351 e. The number of primary amides is 1. The van der Waals surface area contributed by atoms with Crippen LogP contribution in [0.4, 0.5) is 4.79 Å². The van der Waals surface area contributed by atoms with Crippen LogP contribution in [0.5, 0.6) is 0 Å². The van der Waals surface area contributed by atoms with Crippen molar-refractivity contribution in [1.29, 1.82) is 0 Å². The molecule has 48 valence electrons. The van der Waals surface area contributed by atoms with E-state index in [0.29, 0.717) is 0 Å². The maximum atomic E-state index is 10.2. The number of urea groups is 1. The van der Waals surface area contributed by atoms with Gasteiger partial charge >= 0.3 is 6.03 Å². The first-order chi connectivity index (χ1) is 3.68. The molecule has 2 N–H and O–H groups in total. The quantitative estimate of drug-likeness (QED) is 0.540. The van der Waals surface area contributed by atoms with E-state index >= 15 is 0 Å². The average molecular weight is 228 g/mol. The van der Waals surface area contributed by atoms with Crippen molar-refractivity contribution >= 4 is 28.6 Å². The lowest BCUT2D eigenvalue weighted by Gasteiger charge is -2.10. The average Bonchev–Trinajstić information content (AvgIpc) is 1.67. The molecule has 0 aliphatic rings. The molecule has 0 spiro atoms. The summed E-state index contributed by atoms with van der Waals surface area (Å²) in [7, 11) is 1.68. The maximum absolute atomic E-state index is 10.2. The van der Waals surface area contributed by atoms with Gasteiger partial charge in [0.25, 0.3) is 0 Å². The monoisotopic (exact) mass is 228 g/mol. The molecule has 0 radical (unpaired) electrons. The molecule has 0 aliphatic heterocycles. The molecule has 0 heterocycles. The van der Waals surface area contributed by atoms with Crippen LogP contribution in [0.15, 0.2) is 0 Å². The third-order valence-electron chi connectivity index (χ3n) is 0.796. The summed E-state index contributed by atoms with van der Waals surface area (Å²) >= 11 is 2.19. The third-order valence-corrected chi connectivity index (χ3v) is 1.28. The smallest absolute Gasteiger partial charge is 0.314 e. The molecule has 0 saturated carbocycles. The lowest BCUT2D eigenvalue weighted by Crippen LogP contribution is -2.33. The van der Waals surface area contributed by atoms with Crippen LogP contribution in [0.3, 0.4) is 0 Å². The van der Waals surface area contributed by atoms with Crippen molar-refractivity contribution in [2.45, 2.75) is 0 Å². The zero-order chi connectivity index (χ0) is 6.57. The van der Waals surface area contributed by atoms with E-state index in [-0.39, 0.29) is 6.03 Å². The summed E-state index contributed by atoms with van der Waals surface area (Å²) in [4.78, 5) is 11.7. The first kappa shape index (κ1) is 8.00. The van der Waals surface area contributed by atoms with E-state index < -0.39 is 0 Å². The van der Waals surface area contributed by atoms with E-state index in [2.05, 4.69) is 22.6 Å². The third kappa shape index (κ3) is 3.06. The lowest BCUT2D eigenvalue weighted by atomic mass is 10.6. The summed E-state index contributed by atoms with van der Waals surface area (Å²) in [6.45, 7) is 0.732. The number of amides is 2. The number of alkyl halides is 1. The van der Waals surface area contributed by atoms with Crippen LogP contribution in [0.2, 0.25) is 0 Å². The summed E-state index contributed by atoms with van der Waals surface area (Å²) in [6, 6.07) is -0.360. The molecule has 8 heavy (non-hydrogen) atoms. The van der Waals surface area contributed by atoms with Gasteiger partial charge < -0.3 is 10.6 Å². The molecule has 0 aromatic rings. The zero-order valence-corrected chi connectivity index (χ0v) is 6.88. The largest absolute Gasteiger partial charge is 0.351 e. The highest BCUT2D eigenvalue weighted by molar-refractivity contribution is 14.1. The minimum atomic E-state index is -0.360. The van der Waals surface area contributed by atoms with Crippen LogP contribution in [-0.2, 0) is 0 Å².